The average Bonchev–Trinajstić information content (AvgIpc) is 1.65. The van der Waals surface area contributed by atoms with Crippen LogP contribution in [0.25, 0.3) is 0 Å². The molecule has 0 radical (unpaired) electrons. The molecule has 0 aliphatic rings. The van der Waals surface area contributed by atoms with Gasteiger partial charge in [-0.3, -0.25) is 0 Å². The maximum Gasteiger partial charge on any atom is 0.0195 e. The van der Waals surface area contributed by atoms with Crippen LogP contribution in [0.1, 0.15) is 13.8 Å². The molecule has 0 bridgehead atoms. The van der Waals surface area contributed by atoms with Crippen LogP contribution in [0.5, 0.6) is 0 Å². The summed E-state index contributed by atoms with van der Waals surface area (Å²) in [5.41, 5.74) is -1.44. The Labute approximate surface area is 53.2 Å². The fourth-order valence-electron chi connectivity index (χ4n) is 0.103. The lowest BCUT2D eigenvalue weighted by molar-refractivity contribution is -0.250. The Morgan fingerprint density at radius 3 is 1.33 bits per heavy atom. The highest BCUT2D eigenvalue weighted by atomic mass is 16.3. The van der Waals surface area contributed by atoms with Gasteiger partial charge in [0.25, 0.3) is 0 Å². The van der Waals surface area contributed by atoms with Crippen molar-refractivity contribution in [3.8, 4) is 0 Å². The predicted octanol–water partition coefficient (Wildman–Crippen LogP) is -1.31. The molecule has 0 saturated heterocycles. The summed E-state index contributed by atoms with van der Waals surface area (Å²) in [6.07, 6.45) is 0. The lowest BCUT2D eigenvalue weighted by Gasteiger charge is -2.33. The van der Waals surface area contributed by atoms with Gasteiger partial charge in [0, 0.05) is 5.41 Å². The Hall–Kier alpha value is -1.06. The van der Waals surface area contributed by atoms with Crippen LogP contribution in [0.2, 0.25) is 0 Å². The maximum absolute atomic E-state index is 10.2. The van der Waals surface area contributed by atoms with Gasteiger partial charge in [-0.25, -0.2) is 0 Å². The fourth-order valence-corrected chi connectivity index (χ4v) is 0.103. The normalized spacial score (nSPS) is 10.9. The molecule has 0 fully saturated rings. The van der Waals surface area contributed by atoms with Crippen LogP contribution in [0.3, 0.4) is 0 Å². The summed E-state index contributed by atoms with van der Waals surface area (Å²) in [6.45, 7) is 2.52. The summed E-state index contributed by atoms with van der Waals surface area (Å²) in [6, 6.07) is 0. The molecule has 0 amide bonds. The van der Waals surface area contributed by atoms with Gasteiger partial charge in [0.05, 0.1) is 0 Å². The topological polar surface area (TPSA) is 93.8 Å². The predicted molar refractivity (Wildman–Crippen MR) is 29.2 cm³/mol. The second kappa shape index (κ2) is 2.05. The Balaban J connectivity index is 4.38. The fraction of sp³-hybridized carbons (Fsp3) is 0.600. The van der Waals surface area contributed by atoms with Crippen molar-refractivity contribution in [3.63, 3.8) is 0 Å². The molecule has 0 aromatic rings. The van der Waals surface area contributed by atoms with Gasteiger partial charge in [0.2, 0.25) is 0 Å². The summed E-state index contributed by atoms with van der Waals surface area (Å²) in [5.74, 6) is -2.02. The van der Waals surface area contributed by atoms with E-state index in [1.54, 1.807) is 0 Å². The van der Waals surface area contributed by atoms with Crippen LogP contribution < -0.4 is 10.2 Å². The summed E-state index contributed by atoms with van der Waals surface area (Å²) in [4.78, 5) is 0. The lowest BCUT2D eigenvalue weighted by atomic mass is 9.93. The van der Waals surface area contributed by atoms with Gasteiger partial charge in [-0.1, -0.05) is 13.8 Å². The summed E-state index contributed by atoms with van der Waals surface area (Å²) in [7, 11) is 0. The summed E-state index contributed by atoms with van der Waals surface area (Å²) >= 11 is 0. The zero-order valence-electron chi connectivity index (χ0n) is 5.32. The van der Waals surface area contributed by atoms with E-state index in [4.69, 9.17) is 10.8 Å². The molecule has 9 heavy (non-hydrogen) atoms. The molecule has 0 saturated carbocycles. The van der Waals surface area contributed by atoms with E-state index in [1.807, 2.05) is 0 Å². The first kappa shape index (κ1) is 7.94. The number of nitrogens with one attached hydrogen (secondary N) is 2. The quantitative estimate of drug-likeness (QED) is 0.356. The highest BCUT2D eigenvalue weighted by Gasteiger charge is 2.15. The van der Waals surface area contributed by atoms with Gasteiger partial charge >= 0.3 is 0 Å². The third-order valence-corrected chi connectivity index (χ3v) is 1.14. The Morgan fingerprint density at radius 1 is 1.11 bits per heavy atom. The second-order valence-corrected chi connectivity index (χ2v) is 2.28. The molecule has 0 aliphatic heterocycles. The second-order valence-electron chi connectivity index (χ2n) is 2.28. The summed E-state index contributed by atoms with van der Waals surface area (Å²) < 4.78 is 0. The number of hydrogen-bond acceptors (Lipinski definition) is 4. The Morgan fingerprint density at radius 2 is 1.33 bits per heavy atom. The minimum absolute atomic E-state index is 1.01. The lowest BCUT2D eigenvalue weighted by Crippen LogP contribution is -2.45. The molecule has 52 valence electrons. The van der Waals surface area contributed by atoms with Gasteiger partial charge in [0.15, 0.2) is 0 Å². The van der Waals surface area contributed by atoms with Gasteiger partial charge in [-0.05, 0) is 11.8 Å². The van der Waals surface area contributed by atoms with E-state index in [0.29, 0.717) is 0 Å². The highest BCUT2D eigenvalue weighted by Crippen LogP contribution is 2.11. The molecule has 2 N–H and O–H groups in total. The third-order valence-electron chi connectivity index (χ3n) is 1.14. The van der Waals surface area contributed by atoms with Gasteiger partial charge in [-0.2, -0.15) is 0 Å². The molecule has 0 atom stereocenters. The van der Waals surface area contributed by atoms with Crippen molar-refractivity contribution in [2.75, 3.05) is 0 Å². The molecule has 0 aromatic heterocycles. The van der Waals surface area contributed by atoms with Crippen molar-refractivity contribution in [1.29, 1.82) is 10.8 Å². The van der Waals surface area contributed by atoms with Gasteiger partial charge < -0.3 is 21.0 Å². The molecule has 0 spiro atoms. The first-order valence-corrected chi connectivity index (χ1v) is 2.41. The number of rotatable bonds is 2. The first-order valence-electron chi connectivity index (χ1n) is 2.41. The van der Waals surface area contributed by atoms with Crippen molar-refractivity contribution in [2.24, 2.45) is 5.41 Å². The maximum atomic E-state index is 10.2. The third kappa shape index (κ3) is 1.42. The van der Waals surface area contributed by atoms with Gasteiger partial charge in [-0.15, -0.1) is 0 Å². The van der Waals surface area contributed by atoms with Crippen LogP contribution in [0, 0.1) is 16.2 Å². The van der Waals surface area contributed by atoms with Gasteiger partial charge in [0.1, 0.15) is 0 Å². The van der Waals surface area contributed by atoms with Crippen LogP contribution in [-0.4, -0.2) is 11.8 Å². The SMILES string of the molecule is CC(C)(C(=N)[O-])C(=N)[O-]. The molecule has 0 aliphatic carbocycles. The average molecular weight is 128 g/mol. The molecular weight excluding hydrogens is 120 g/mol. The van der Waals surface area contributed by atoms with Crippen molar-refractivity contribution in [1.82, 2.24) is 0 Å². The van der Waals surface area contributed by atoms with E-state index in [1.165, 1.54) is 13.8 Å². The zero-order valence-corrected chi connectivity index (χ0v) is 5.32. The molecular formula is C5H8N2O2-2. The monoisotopic (exact) mass is 128 g/mol. The molecule has 4 nitrogen and oxygen atoms in total. The molecule has 4 heteroatoms. The minimum Gasteiger partial charge on any atom is -0.862 e. The molecule has 0 rings (SSSR count). The zero-order chi connectivity index (χ0) is 7.65. The molecule has 0 unspecified atom stereocenters. The van der Waals surface area contributed by atoms with E-state index in [2.05, 4.69) is 0 Å². The minimum atomic E-state index is -1.44. The van der Waals surface area contributed by atoms with Crippen LogP contribution in [0.15, 0.2) is 0 Å². The van der Waals surface area contributed by atoms with E-state index in [-0.39, 0.29) is 0 Å². The van der Waals surface area contributed by atoms with Crippen molar-refractivity contribution in [2.45, 2.75) is 13.8 Å². The molecule has 0 aromatic carbocycles. The Bertz CT molecular complexity index is 135. The van der Waals surface area contributed by atoms with Crippen LogP contribution in [0.4, 0.5) is 0 Å². The standard InChI is InChI=1S/C5H10N2O2/c1-5(2,3(6)8)4(7)9/h1-2H3,(H2,6,8)(H2,7,9)/p-2. The van der Waals surface area contributed by atoms with E-state index < -0.39 is 17.2 Å². The highest BCUT2D eigenvalue weighted by molar-refractivity contribution is 5.97. The van der Waals surface area contributed by atoms with E-state index in [0.717, 1.165) is 0 Å². The molecule has 0 heterocycles. The van der Waals surface area contributed by atoms with Crippen LogP contribution >= 0.6 is 0 Å². The van der Waals surface area contributed by atoms with E-state index >= 15 is 0 Å². The van der Waals surface area contributed by atoms with Crippen LogP contribution in [-0.2, 0) is 0 Å². The van der Waals surface area contributed by atoms with Crippen molar-refractivity contribution >= 4 is 11.8 Å². The van der Waals surface area contributed by atoms with Crippen molar-refractivity contribution in [3.05, 3.63) is 0 Å². The largest absolute Gasteiger partial charge is 0.862 e. The Kier molecular flexibility index (Phi) is 1.80. The smallest absolute Gasteiger partial charge is 0.0195 e. The van der Waals surface area contributed by atoms with Crippen molar-refractivity contribution < 1.29 is 10.2 Å². The number of hydrogen-bond donors (Lipinski definition) is 2. The van der Waals surface area contributed by atoms with E-state index in [9.17, 15) is 10.2 Å². The first-order chi connectivity index (χ1) is 3.89. The summed E-state index contributed by atoms with van der Waals surface area (Å²) in [5, 5.41) is 33.5.